The molecule has 2 heterocycles. The molecular formula is C21H28ClN5O. The molecule has 1 N–H and O–H groups in total. The van der Waals surface area contributed by atoms with Gasteiger partial charge in [-0.25, -0.2) is 9.97 Å². The van der Waals surface area contributed by atoms with Crippen molar-refractivity contribution in [3.8, 4) is 0 Å². The Morgan fingerprint density at radius 3 is 2.46 bits per heavy atom. The van der Waals surface area contributed by atoms with E-state index in [1.807, 2.05) is 32.0 Å². The average Bonchev–Trinajstić information content (AvgIpc) is 2.67. The number of aryl methyl sites for hydroxylation is 1. The van der Waals surface area contributed by atoms with Crippen molar-refractivity contribution in [2.24, 2.45) is 0 Å². The van der Waals surface area contributed by atoms with Crippen LogP contribution >= 0.6 is 11.6 Å². The maximum atomic E-state index is 12.6. The summed E-state index contributed by atoms with van der Waals surface area (Å²) in [6.45, 7) is 11.5. The molecule has 0 radical (unpaired) electrons. The number of carbonyl (C=O) groups excluding carboxylic acids is 1. The predicted octanol–water partition coefficient (Wildman–Crippen LogP) is 3.71. The summed E-state index contributed by atoms with van der Waals surface area (Å²) >= 11 is 5.99. The highest BCUT2D eigenvalue weighted by molar-refractivity contribution is 6.30. The van der Waals surface area contributed by atoms with Crippen LogP contribution in [0, 0.1) is 6.92 Å². The monoisotopic (exact) mass is 401 g/mol. The van der Waals surface area contributed by atoms with Gasteiger partial charge in [-0.1, -0.05) is 31.5 Å². The van der Waals surface area contributed by atoms with Gasteiger partial charge in [0.15, 0.2) is 0 Å². The Morgan fingerprint density at radius 1 is 1.11 bits per heavy atom. The molecule has 1 aliphatic rings. The summed E-state index contributed by atoms with van der Waals surface area (Å²) in [5, 5.41) is 3.56. The van der Waals surface area contributed by atoms with Crippen molar-refractivity contribution in [2.75, 3.05) is 36.4 Å². The lowest BCUT2D eigenvalue weighted by Crippen LogP contribution is -2.53. The number of hydrogen-bond donors (Lipinski definition) is 1. The molecular weight excluding hydrogens is 374 g/mol. The van der Waals surface area contributed by atoms with Crippen LogP contribution in [0.5, 0.6) is 0 Å². The van der Waals surface area contributed by atoms with E-state index in [1.54, 1.807) is 12.1 Å². The third-order valence-electron chi connectivity index (χ3n) is 5.03. The topological polar surface area (TPSA) is 61.4 Å². The Hall–Kier alpha value is -2.18. The molecule has 0 bridgehead atoms. The minimum atomic E-state index is -0.209. The van der Waals surface area contributed by atoms with Gasteiger partial charge in [0.05, 0.1) is 6.04 Å². The Bertz CT molecular complexity index is 833. The molecule has 1 aliphatic heterocycles. The first kappa shape index (κ1) is 20.6. The summed E-state index contributed by atoms with van der Waals surface area (Å²) in [4.78, 5) is 26.3. The number of anilines is 2. The number of amides is 1. The van der Waals surface area contributed by atoms with Crippen LogP contribution in [0.15, 0.2) is 30.3 Å². The Labute approximate surface area is 171 Å². The van der Waals surface area contributed by atoms with Gasteiger partial charge in [-0.05, 0) is 32.0 Å². The zero-order valence-electron chi connectivity index (χ0n) is 16.9. The van der Waals surface area contributed by atoms with Crippen molar-refractivity contribution in [3.05, 3.63) is 46.9 Å². The Kier molecular flexibility index (Phi) is 6.52. The Morgan fingerprint density at radius 2 is 1.82 bits per heavy atom. The molecule has 1 aromatic heterocycles. The maximum Gasteiger partial charge on any atom is 0.241 e. The van der Waals surface area contributed by atoms with E-state index in [4.69, 9.17) is 16.6 Å². The zero-order valence-corrected chi connectivity index (χ0v) is 17.7. The van der Waals surface area contributed by atoms with Crippen LogP contribution in [0.1, 0.15) is 38.2 Å². The SMILES string of the molecule is Cc1cc(N2CCN(C(C)C(=O)Nc3cccc(Cl)c3)CC2)nc(C(C)C)n1. The Balaban J connectivity index is 1.59. The number of carbonyl (C=O) groups is 1. The number of nitrogens with one attached hydrogen (secondary N) is 1. The first-order chi connectivity index (χ1) is 13.3. The summed E-state index contributed by atoms with van der Waals surface area (Å²) in [6, 6.07) is 9.05. The molecule has 0 aliphatic carbocycles. The van der Waals surface area contributed by atoms with E-state index < -0.39 is 0 Å². The van der Waals surface area contributed by atoms with Gasteiger partial charge < -0.3 is 10.2 Å². The fourth-order valence-electron chi connectivity index (χ4n) is 3.31. The van der Waals surface area contributed by atoms with E-state index in [-0.39, 0.29) is 11.9 Å². The van der Waals surface area contributed by atoms with Gasteiger partial charge >= 0.3 is 0 Å². The van der Waals surface area contributed by atoms with Gasteiger partial charge in [0.2, 0.25) is 5.91 Å². The first-order valence-electron chi connectivity index (χ1n) is 9.74. The number of halogens is 1. The van der Waals surface area contributed by atoms with Crippen LogP contribution in [0.25, 0.3) is 0 Å². The van der Waals surface area contributed by atoms with E-state index in [2.05, 4.69) is 33.9 Å². The maximum absolute atomic E-state index is 12.6. The number of aromatic nitrogens is 2. The number of rotatable bonds is 5. The van der Waals surface area contributed by atoms with E-state index in [0.29, 0.717) is 10.9 Å². The highest BCUT2D eigenvalue weighted by atomic mass is 35.5. The number of piperazine rings is 1. The minimum absolute atomic E-state index is 0.0179. The lowest BCUT2D eigenvalue weighted by Gasteiger charge is -2.38. The van der Waals surface area contributed by atoms with Crippen LogP contribution in [-0.4, -0.2) is 53.0 Å². The smallest absolute Gasteiger partial charge is 0.241 e. The van der Waals surface area contributed by atoms with Gasteiger partial charge in [0.25, 0.3) is 0 Å². The minimum Gasteiger partial charge on any atom is -0.354 e. The molecule has 150 valence electrons. The molecule has 1 atom stereocenters. The van der Waals surface area contributed by atoms with E-state index in [9.17, 15) is 4.79 Å². The fraction of sp³-hybridized carbons (Fsp3) is 0.476. The van der Waals surface area contributed by atoms with Gasteiger partial charge in [-0.15, -0.1) is 0 Å². The average molecular weight is 402 g/mol. The van der Waals surface area contributed by atoms with Crippen LogP contribution in [0.2, 0.25) is 5.02 Å². The van der Waals surface area contributed by atoms with Gasteiger partial charge in [0.1, 0.15) is 11.6 Å². The van der Waals surface area contributed by atoms with Crippen LogP contribution in [0.3, 0.4) is 0 Å². The summed E-state index contributed by atoms with van der Waals surface area (Å²) in [5.41, 5.74) is 1.71. The van der Waals surface area contributed by atoms with Crippen molar-refractivity contribution >= 4 is 29.0 Å². The molecule has 1 unspecified atom stereocenters. The highest BCUT2D eigenvalue weighted by Crippen LogP contribution is 2.20. The van der Waals surface area contributed by atoms with Crippen molar-refractivity contribution in [1.82, 2.24) is 14.9 Å². The standard InChI is InChI=1S/C21H28ClN5O/c1-14(2)20-23-15(3)12-19(25-20)27-10-8-26(9-11-27)16(4)21(28)24-18-7-5-6-17(22)13-18/h5-7,12-14,16H,8-11H2,1-4H3,(H,24,28). The first-order valence-corrected chi connectivity index (χ1v) is 10.1. The quantitative estimate of drug-likeness (QED) is 0.827. The molecule has 0 saturated carbocycles. The molecule has 1 aromatic carbocycles. The number of hydrogen-bond acceptors (Lipinski definition) is 5. The number of nitrogens with zero attached hydrogens (tertiary/aromatic N) is 4. The second-order valence-corrected chi connectivity index (χ2v) is 8.02. The van der Waals surface area contributed by atoms with Gasteiger partial charge in [-0.3, -0.25) is 9.69 Å². The van der Waals surface area contributed by atoms with Crippen molar-refractivity contribution in [2.45, 2.75) is 39.7 Å². The lowest BCUT2D eigenvalue weighted by atomic mass is 10.2. The molecule has 1 fully saturated rings. The molecule has 0 spiro atoms. The molecule has 6 nitrogen and oxygen atoms in total. The zero-order chi connectivity index (χ0) is 20.3. The van der Waals surface area contributed by atoms with Gasteiger partial charge in [0, 0.05) is 54.6 Å². The van der Waals surface area contributed by atoms with Crippen molar-refractivity contribution in [3.63, 3.8) is 0 Å². The third kappa shape index (κ3) is 5.00. The third-order valence-corrected chi connectivity index (χ3v) is 5.27. The van der Waals surface area contributed by atoms with E-state index in [1.165, 1.54) is 0 Å². The summed E-state index contributed by atoms with van der Waals surface area (Å²) in [6.07, 6.45) is 0. The fourth-order valence-corrected chi connectivity index (χ4v) is 3.50. The van der Waals surface area contributed by atoms with Crippen molar-refractivity contribution < 1.29 is 4.79 Å². The normalized spacial score (nSPS) is 16.3. The van der Waals surface area contributed by atoms with Crippen molar-refractivity contribution in [1.29, 1.82) is 0 Å². The van der Waals surface area contributed by atoms with Crippen LogP contribution in [-0.2, 0) is 4.79 Å². The molecule has 7 heteroatoms. The summed E-state index contributed by atoms with van der Waals surface area (Å²) in [7, 11) is 0. The molecule has 3 rings (SSSR count). The van der Waals surface area contributed by atoms with E-state index in [0.717, 1.165) is 49.2 Å². The summed E-state index contributed by atoms with van der Waals surface area (Å²) < 4.78 is 0. The predicted molar refractivity (Wildman–Crippen MR) is 114 cm³/mol. The van der Waals surface area contributed by atoms with Crippen LogP contribution in [0.4, 0.5) is 11.5 Å². The second kappa shape index (κ2) is 8.88. The molecule has 1 amide bonds. The second-order valence-electron chi connectivity index (χ2n) is 7.58. The number of benzene rings is 1. The molecule has 1 saturated heterocycles. The highest BCUT2D eigenvalue weighted by Gasteiger charge is 2.26. The largest absolute Gasteiger partial charge is 0.354 e. The van der Waals surface area contributed by atoms with Crippen LogP contribution < -0.4 is 10.2 Å². The van der Waals surface area contributed by atoms with Gasteiger partial charge in [-0.2, -0.15) is 0 Å². The van der Waals surface area contributed by atoms with E-state index >= 15 is 0 Å². The lowest BCUT2D eigenvalue weighted by molar-refractivity contribution is -0.120. The summed E-state index contributed by atoms with van der Waals surface area (Å²) in [5.74, 6) is 2.14. The molecule has 2 aromatic rings. The molecule has 28 heavy (non-hydrogen) atoms.